The molecule has 0 amide bonds. The first kappa shape index (κ1) is 15.9. The van der Waals surface area contributed by atoms with Crippen LogP contribution in [0.1, 0.15) is 32.3 Å². The van der Waals surface area contributed by atoms with Gasteiger partial charge in [-0.15, -0.1) is 0 Å². The van der Waals surface area contributed by atoms with E-state index in [0.717, 1.165) is 25.0 Å². The largest absolute Gasteiger partial charge is 0.394 e. The third-order valence-electron chi connectivity index (χ3n) is 5.20. The highest BCUT2D eigenvalue weighted by atomic mass is 16.7. The van der Waals surface area contributed by atoms with Crippen molar-refractivity contribution in [3.8, 4) is 0 Å². The molecule has 0 bridgehead atoms. The van der Waals surface area contributed by atoms with Gasteiger partial charge in [-0.25, -0.2) is 0 Å². The van der Waals surface area contributed by atoms with Crippen LogP contribution in [0.25, 0.3) is 0 Å². The molecule has 2 heterocycles. The quantitative estimate of drug-likeness (QED) is 0.929. The molecular formula is C18H26O4. The molecule has 1 spiro atoms. The number of rotatable bonds is 4. The second-order valence-corrected chi connectivity index (χ2v) is 6.51. The summed E-state index contributed by atoms with van der Waals surface area (Å²) in [6.45, 7) is 5.58. The molecule has 1 aromatic rings. The fraction of sp³-hybridized carbons (Fsp3) is 0.667. The molecule has 122 valence electrons. The van der Waals surface area contributed by atoms with E-state index in [1.807, 2.05) is 30.3 Å². The average molecular weight is 306 g/mol. The summed E-state index contributed by atoms with van der Waals surface area (Å²) in [6.07, 6.45) is 1.48. The van der Waals surface area contributed by atoms with Crippen LogP contribution in [0, 0.1) is 11.8 Å². The Morgan fingerprint density at radius 1 is 1.27 bits per heavy atom. The summed E-state index contributed by atoms with van der Waals surface area (Å²) >= 11 is 0. The molecule has 2 fully saturated rings. The Balaban J connectivity index is 1.70. The number of ether oxygens (including phenoxy) is 3. The van der Waals surface area contributed by atoms with Crippen molar-refractivity contribution in [2.75, 3.05) is 13.2 Å². The highest BCUT2D eigenvalue weighted by molar-refractivity contribution is 5.13. The maximum absolute atomic E-state index is 9.75. The van der Waals surface area contributed by atoms with Crippen LogP contribution in [0.15, 0.2) is 30.3 Å². The SMILES string of the molecule is C[C@@H]1[C@H](OCc2ccccc2)[C@H](CO)O[C@]2(CCCO2)[C@H]1C. The summed E-state index contributed by atoms with van der Waals surface area (Å²) in [5, 5.41) is 9.75. The van der Waals surface area contributed by atoms with Crippen molar-refractivity contribution in [3.05, 3.63) is 35.9 Å². The molecule has 22 heavy (non-hydrogen) atoms. The van der Waals surface area contributed by atoms with Crippen LogP contribution < -0.4 is 0 Å². The number of aliphatic hydroxyl groups is 1. The summed E-state index contributed by atoms with van der Waals surface area (Å²) in [7, 11) is 0. The van der Waals surface area contributed by atoms with Crippen molar-refractivity contribution >= 4 is 0 Å². The summed E-state index contributed by atoms with van der Waals surface area (Å²) in [5.41, 5.74) is 1.14. The molecule has 5 atom stereocenters. The minimum atomic E-state index is -0.528. The van der Waals surface area contributed by atoms with Gasteiger partial charge in [0.05, 0.1) is 25.9 Å². The maximum Gasteiger partial charge on any atom is 0.171 e. The third kappa shape index (κ3) is 2.93. The summed E-state index contributed by atoms with van der Waals surface area (Å²) in [5.74, 6) is -0.00864. The second-order valence-electron chi connectivity index (χ2n) is 6.51. The van der Waals surface area contributed by atoms with E-state index in [1.165, 1.54) is 0 Å². The Bertz CT molecular complexity index is 467. The smallest absolute Gasteiger partial charge is 0.171 e. The van der Waals surface area contributed by atoms with E-state index in [2.05, 4.69) is 13.8 Å². The van der Waals surface area contributed by atoms with Crippen molar-refractivity contribution in [3.63, 3.8) is 0 Å². The van der Waals surface area contributed by atoms with E-state index < -0.39 is 5.79 Å². The standard InChI is InChI=1S/C18H26O4/c1-13-14(2)18(9-6-10-21-18)22-16(11-19)17(13)20-12-15-7-4-3-5-8-15/h3-5,7-8,13-14,16-17,19H,6,9-12H2,1-2H3/t13-,14-,16-,17-,18+/m0/s1. The summed E-state index contributed by atoms with van der Waals surface area (Å²) in [4.78, 5) is 0. The molecule has 0 saturated carbocycles. The van der Waals surface area contributed by atoms with E-state index in [0.29, 0.717) is 6.61 Å². The number of benzene rings is 1. The van der Waals surface area contributed by atoms with Gasteiger partial charge in [0.15, 0.2) is 5.79 Å². The van der Waals surface area contributed by atoms with Crippen LogP contribution in [0.5, 0.6) is 0 Å². The Labute approximate surface area is 132 Å². The predicted molar refractivity (Wildman–Crippen MR) is 83.2 cm³/mol. The number of aliphatic hydroxyl groups excluding tert-OH is 1. The van der Waals surface area contributed by atoms with Crippen LogP contribution >= 0.6 is 0 Å². The lowest BCUT2D eigenvalue weighted by atomic mass is 9.78. The second kappa shape index (κ2) is 6.67. The Hall–Kier alpha value is -0.940. The first-order valence-electron chi connectivity index (χ1n) is 8.24. The first-order valence-corrected chi connectivity index (χ1v) is 8.24. The van der Waals surface area contributed by atoms with Gasteiger partial charge in [-0.3, -0.25) is 0 Å². The molecular weight excluding hydrogens is 280 g/mol. The molecule has 4 nitrogen and oxygen atoms in total. The van der Waals surface area contributed by atoms with Crippen LogP contribution in [0.4, 0.5) is 0 Å². The molecule has 2 saturated heterocycles. The van der Waals surface area contributed by atoms with E-state index in [-0.39, 0.29) is 30.7 Å². The lowest BCUT2D eigenvalue weighted by Crippen LogP contribution is -2.58. The van der Waals surface area contributed by atoms with Gasteiger partial charge in [-0.2, -0.15) is 0 Å². The minimum Gasteiger partial charge on any atom is -0.394 e. The molecule has 1 N–H and O–H groups in total. The van der Waals surface area contributed by atoms with Gasteiger partial charge in [0.25, 0.3) is 0 Å². The van der Waals surface area contributed by atoms with Gasteiger partial charge in [-0.05, 0) is 17.9 Å². The maximum atomic E-state index is 9.75. The Kier molecular flexibility index (Phi) is 4.83. The molecule has 2 aliphatic rings. The van der Waals surface area contributed by atoms with Crippen molar-refractivity contribution in [1.82, 2.24) is 0 Å². The van der Waals surface area contributed by atoms with Gasteiger partial charge in [-0.1, -0.05) is 44.2 Å². The zero-order chi connectivity index (χ0) is 15.6. The lowest BCUT2D eigenvalue weighted by Gasteiger charge is -2.49. The van der Waals surface area contributed by atoms with E-state index in [9.17, 15) is 5.11 Å². The number of hydrogen-bond donors (Lipinski definition) is 1. The highest BCUT2D eigenvalue weighted by Crippen LogP contribution is 2.45. The summed E-state index contributed by atoms with van der Waals surface area (Å²) < 4.78 is 18.2. The van der Waals surface area contributed by atoms with Crippen molar-refractivity contribution in [2.45, 2.75) is 51.3 Å². The van der Waals surface area contributed by atoms with Gasteiger partial charge < -0.3 is 19.3 Å². The van der Waals surface area contributed by atoms with Crippen molar-refractivity contribution in [2.24, 2.45) is 11.8 Å². The fourth-order valence-electron chi connectivity index (χ4n) is 3.71. The Morgan fingerprint density at radius 2 is 2.05 bits per heavy atom. The Morgan fingerprint density at radius 3 is 2.68 bits per heavy atom. The summed E-state index contributed by atoms with van der Waals surface area (Å²) in [6, 6.07) is 10.1. The van der Waals surface area contributed by atoms with Crippen molar-refractivity contribution < 1.29 is 19.3 Å². The highest BCUT2D eigenvalue weighted by Gasteiger charge is 2.53. The van der Waals surface area contributed by atoms with E-state index in [4.69, 9.17) is 14.2 Å². The molecule has 0 aromatic heterocycles. The predicted octanol–water partition coefficient (Wildman–Crippen LogP) is 2.74. The minimum absolute atomic E-state index is 0.0401. The zero-order valence-electron chi connectivity index (χ0n) is 13.4. The van der Waals surface area contributed by atoms with Crippen LogP contribution in [-0.2, 0) is 20.8 Å². The molecule has 0 unspecified atom stereocenters. The molecule has 1 aromatic carbocycles. The topological polar surface area (TPSA) is 47.9 Å². The molecule has 0 aliphatic carbocycles. The average Bonchev–Trinajstić information content (AvgIpc) is 3.02. The van der Waals surface area contributed by atoms with Gasteiger partial charge in [0.2, 0.25) is 0 Å². The molecule has 3 rings (SSSR count). The molecule has 0 radical (unpaired) electrons. The lowest BCUT2D eigenvalue weighted by molar-refractivity contribution is -0.329. The van der Waals surface area contributed by atoms with Gasteiger partial charge in [0.1, 0.15) is 6.10 Å². The monoisotopic (exact) mass is 306 g/mol. The van der Waals surface area contributed by atoms with Gasteiger partial charge in [0, 0.05) is 12.3 Å². The van der Waals surface area contributed by atoms with E-state index in [1.54, 1.807) is 0 Å². The van der Waals surface area contributed by atoms with Crippen LogP contribution in [-0.4, -0.2) is 36.3 Å². The van der Waals surface area contributed by atoms with E-state index >= 15 is 0 Å². The zero-order valence-corrected chi connectivity index (χ0v) is 13.4. The van der Waals surface area contributed by atoms with Gasteiger partial charge >= 0.3 is 0 Å². The third-order valence-corrected chi connectivity index (χ3v) is 5.20. The van der Waals surface area contributed by atoms with Crippen LogP contribution in [0.2, 0.25) is 0 Å². The molecule has 2 aliphatic heterocycles. The normalized spacial score (nSPS) is 38.5. The molecule has 4 heteroatoms. The van der Waals surface area contributed by atoms with Crippen LogP contribution in [0.3, 0.4) is 0 Å². The first-order chi connectivity index (χ1) is 10.7. The number of hydrogen-bond acceptors (Lipinski definition) is 4. The fourth-order valence-corrected chi connectivity index (χ4v) is 3.71. The van der Waals surface area contributed by atoms with Crippen molar-refractivity contribution in [1.29, 1.82) is 0 Å².